The Morgan fingerprint density at radius 3 is 1.79 bits per heavy atom. The van der Waals surface area contributed by atoms with Gasteiger partial charge in [0, 0.05) is 0 Å². The number of ether oxygens (including phenoxy) is 1. The highest BCUT2D eigenvalue weighted by molar-refractivity contribution is 7.91. The zero-order chi connectivity index (χ0) is 21.4. The van der Waals surface area contributed by atoms with E-state index in [1.165, 1.54) is 19.1 Å². The lowest BCUT2D eigenvalue weighted by atomic mass is 9.87. The Labute approximate surface area is 160 Å². The summed E-state index contributed by atoms with van der Waals surface area (Å²) in [5, 5.41) is 0. The monoisotopic (exact) mass is 418 g/mol. The van der Waals surface area contributed by atoms with E-state index < -0.39 is 54.4 Å². The Hall–Kier alpha value is -2.42. The number of benzene rings is 2. The topological polar surface area (TPSA) is 60.4 Å². The lowest BCUT2D eigenvalue weighted by Gasteiger charge is -2.19. The molecule has 2 aromatic rings. The van der Waals surface area contributed by atoms with E-state index in [-0.39, 0.29) is 12.0 Å². The highest BCUT2D eigenvalue weighted by Gasteiger charge is 2.36. The maximum absolute atomic E-state index is 14.4. The molecule has 0 N–H and O–H groups in total. The van der Waals surface area contributed by atoms with Crippen LogP contribution in [-0.4, -0.2) is 21.0 Å². The normalized spacial score (nSPS) is 12.1. The third-order valence-electron chi connectivity index (χ3n) is 4.00. The zero-order valence-corrected chi connectivity index (χ0v) is 16.4. The molecule has 0 atom stereocenters. The van der Waals surface area contributed by atoms with Crippen LogP contribution in [0.2, 0.25) is 0 Å². The fourth-order valence-corrected chi connectivity index (χ4v) is 3.86. The number of carbonyl (C=O) groups is 1. The van der Waals surface area contributed by atoms with Gasteiger partial charge in [-0.1, -0.05) is 32.9 Å². The molecule has 0 radical (unpaired) electrons. The zero-order valence-electron chi connectivity index (χ0n) is 15.6. The minimum Gasteiger partial charge on any atom is -0.462 e. The number of hydrogen-bond donors (Lipinski definition) is 0. The standard InChI is InChI=1S/C19H18F4O4S/c1-5-27-18(24)12-13(20)15(22)17(16(23)14(12)21)28(25,26)11-8-6-10(7-9-11)19(2,3)4/h6-9H,5H2,1-4H3. The number of halogens is 4. The highest BCUT2D eigenvalue weighted by atomic mass is 32.2. The fourth-order valence-electron chi connectivity index (χ4n) is 2.48. The molecule has 2 aromatic carbocycles. The van der Waals surface area contributed by atoms with Gasteiger partial charge in [0.05, 0.1) is 11.5 Å². The molecule has 0 unspecified atom stereocenters. The minimum absolute atomic E-state index is 0.304. The van der Waals surface area contributed by atoms with Crippen LogP contribution in [0.25, 0.3) is 0 Å². The van der Waals surface area contributed by atoms with Gasteiger partial charge >= 0.3 is 5.97 Å². The van der Waals surface area contributed by atoms with Crippen LogP contribution >= 0.6 is 0 Å². The molecular formula is C19H18F4O4S. The maximum Gasteiger partial charge on any atom is 0.344 e. The highest BCUT2D eigenvalue weighted by Crippen LogP contribution is 2.33. The molecule has 0 aliphatic carbocycles. The summed E-state index contributed by atoms with van der Waals surface area (Å²) >= 11 is 0. The fraction of sp³-hybridized carbons (Fsp3) is 0.316. The van der Waals surface area contributed by atoms with Crippen LogP contribution in [0.3, 0.4) is 0 Å². The summed E-state index contributed by atoms with van der Waals surface area (Å²) in [4.78, 5) is 9.21. The molecule has 0 aliphatic heterocycles. The predicted octanol–water partition coefficient (Wildman–Crippen LogP) is 4.55. The largest absolute Gasteiger partial charge is 0.462 e. The number of sulfone groups is 1. The molecule has 2 rings (SSSR count). The van der Waals surface area contributed by atoms with Gasteiger partial charge in [-0.25, -0.2) is 30.8 Å². The van der Waals surface area contributed by atoms with Gasteiger partial charge < -0.3 is 4.74 Å². The Morgan fingerprint density at radius 1 is 0.929 bits per heavy atom. The average Bonchev–Trinajstić information content (AvgIpc) is 2.60. The van der Waals surface area contributed by atoms with Crippen molar-refractivity contribution in [1.82, 2.24) is 0 Å². The SMILES string of the molecule is CCOC(=O)c1c(F)c(F)c(S(=O)(=O)c2ccc(C(C)(C)C)cc2)c(F)c1F. The second-order valence-corrected chi connectivity index (χ2v) is 8.84. The van der Waals surface area contributed by atoms with E-state index in [0.717, 1.165) is 17.7 Å². The molecule has 152 valence electrons. The lowest BCUT2D eigenvalue weighted by molar-refractivity contribution is 0.0511. The van der Waals surface area contributed by atoms with Crippen molar-refractivity contribution in [1.29, 1.82) is 0 Å². The average molecular weight is 418 g/mol. The summed E-state index contributed by atoms with van der Waals surface area (Å²) in [5.74, 6) is -10.3. The number of rotatable bonds is 4. The molecule has 4 nitrogen and oxygen atoms in total. The first kappa shape index (κ1) is 21.9. The predicted molar refractivity (Wildman–Crippen MR) is 92.8 cm³/mol. The Bertz CT molecular complexity index is 994. The Kier molecular flexibility index (Phi) is 5.89. The maximum atomic E-state index is 14.4. The summed E-state index contributed by atoms with van der Waals surface area (Å²) in [6.07, 6.45) is 0. The van der Waals surface area contributed by atoms with E-state index in [4.69, 9.17) is 0 Å². The summed E-state index contributed by atoms with van der Waals surface area (Å²) in [6, 6.07) is 5.04. The number of esters is 1. The van der Waals surface area contributed by atoms with Gasteiger partial charge in [-0.2, -0.15) is 0 Å². The molecule has 0 amide bonds. The van der Waals surface area contributed by atoms with Crippen LogP contribution in [0.4, 0.5) is 17.6 Å². The summed E-state index contributed by atoms with van der Waals surface area (Å²) in [5.41, 5.74) is -1.21. The molecular weight excluding hydrogens is 400 g/mol. The van der Waals surface area contributed by atoms with Crippen molar-refractivity contribution in [2.45, 2.75) is 42.9 Å². The van der Waals surface area contributed by atoms with E-state index in [0.29, 0.717) is 0 Å². The van der Waals surface area contributed by atoms with Crippen molar-refractivity contribution < 1.29 is 35.5 Å². The first-order valence-corrected chi connectivity index (χ1v) is 9.71. The van der Waals surface area contributed by atoms with Crippen molar-refractivity contribution in [2.75, 3.05) is 6.61 Å². The van der Waals surface area contributed by atoms with Crippen molar-refractivity contribution >= 4 is 15.8 Å². The number of carbonyl (C=O) groups excluding carboxylic acids is 1. The molecule has 9 heteroatoms. The smallest absolute Gasteiger partial charge is 0.344 e. The summed E-state index contributed by atoms with van der Waals surface area (Å²) < 4.78 is 86.8. The summed E-state index contributed by atoms with van der Waals surface area (Å²) in [6.45, 7) is 6.62. The number of hydrogen-bond acceptors (Lipinski definition) is 4. The van der Waals surface area contributed by atoms with Crippen LogP contribution in [0, 0.1) is 23.3 Å². The van der Waals surface area contributed by atoms with Crippen molar-refractivity contribution in [3.63, 3.8) is 0 Å². The second-order valence-electron chi connectivity index (χ2n) is 6.96. The van der Waals surface area contributed by atoms with Crippen LogP contribution < -0.4 is 0 Å². The molecule has 0 saturated heterocycles. The minimum atomic E-state index is -4.94. The molecule has 0 saturated carbocycles. The van der Waals surface area contributed by atoms with Gasteiger partial charge in [0.1, 0.15) is 10.5 Å². The third kappa shape index (κ3) is 3.76. The van der Waals surface area contributed by atoms with Gasteiger partial charge in [0.15, 0.2) is 23.3 Å². The van der Waals surface area contributed by atoms with Crippen LogP contribution in [0.1, 0.15) is 43.6 Å². The first-order valence-electron chi connectivity index (χ1n) is 8.22. The van der Waals surface area contributed by atoms with E-state index in [1.807, 2.05) is 20.8 Å². The van der Waals surface area contributed by atoms with E-state index in [1.54, 1.807) is 0 Å². The molecule has 0 heterocycles. The molecule has 0 bridgehead atoms. The molecule has 0 aromatic heterocycles. The van der Waals surface area contributed by atoms with Crippen LogP contribution in [0.5, 0.6) is 0 Å². The molecule has 0 aliphatic rings. The first-order chi connectivity index (χ1) is 12.8. The van der Waals surface area contributed by atoms with Crippen LogP contribution in [-0.2, 0) is 20.0 Å². The van der Waals surface area contributed by atoms with E-state index >= 15 is 0 Å². The van der Waals surface area contributed by atoms with E-state index in [9.17, 15) is 30.8 Å². The van der Waals surface area contributed by atoms with Gasteiger partial charge in [-0.05, 0) is 30.0 Å². The van der Waals surface area contributed by atoms with Crippen molar-refractivity contribution in [3.05, 3.63) is 58.7 Å². The van der Waals surface area contributed by atoms with Gasteiger partial charge in [0.2, 0.25) is 9.84 Å². The van der Waals surface area contributed by atoms with Gasteiger partial charge in [0.25, 0.3) is 0 Å². The quantitative estimate of drug-likeness (QED) is 0.415. The van der Waals surface area contributed by atoms with Gasteiger partial charge in [-0.3, -0.25) is 0 Å². The second kappa shape index (κ2) is 7.54. The van der Waals surface area contributed by atoms with Crippen LogP contribution in [0.15, 0.2) is 34.1 Å². The van der Waals surface area contributed by atoms with E-state index in [2.05, 4.69) is 4.74 Å². The molecule has 0 fully saturated rings. The summed E-state index contributed by atoms with van der Waals surface area (Å²) in [7, 11) is -4.94. The lowest BCUT2D eigenvalue weighted by Crippen LogP contribution is -2.18. The molecule has 28 heavy (non-hydrogen) atoms. The van der Waals surface area contributed by atoms with Crippen molar-refractivity contribution in [2.24, 2.45) is 0 Å². The van der Waals surface area contributed by atoms with Gasteiger partial charge in [-0.15, -0.1) is 0 Å². The molecule has 0 spiro atoms. The Balaban J connectivity index is 2.69. The van der Waals surface area contributed by atoms with Crippen molar-refractivity contribution in [3.8, 4) is 0 Å². The Morgan fingerprint density at radius 2 is 1.39 bits per heavy atom. The third-order valence-corrected chi connectivity index (χ3v) is 5.79.